The number of rotatable bonds is 6. The van der Waals surface area contributed by atoms with Crippen molar-refractivity contribution >= 4 is 12.6 Å². The summed E-state index contributed by atoms with van der Waals surface area (Å²) in [6.45, 7) is 1.47. The number of pyridine rings is 1. The fraction of sp³-hybridized carbons (Fsp3) is 0.583. The van der Waals surface area contributed by atoms with E-state index in [1.807, 2.05) is 0 Å². The normalized spacial score (nSPS) is 18.9. The molecular formula is C12H18BNO4. The Kier molecular flexibility index (Phi) is 4.98. The Morgan fingerprint density at radius 3 is 3.06 bits per heavy atom. The van der Waals surface area contributed by atoms with Gasteiger partial charge in [-0.25, -0.2) is 0 Å². The SMILES string of the molecule is OB(O)c1cncc(OCCCC2CCCO2)c1. The second-order valence-corrected chi connectivity index (χ2v) is 4.45. The topological polar surface area (TPSA) is 71.8 Å². The van der Waals surface area contributed by atoms with Crippen LogP contribution in [0.15, 0.2) is 18.5 Å². The third kappa shape index (κ3) is 3.98. The molecule has 0 spiro atoms. The highest BCUT2D eigenvalue weighted by Crippen LogP contribution is 2.17. The second-order valence-electron chi connectivity index (χ2n) is 4.45. The molecule has 2 N–H and O–H groups in total. The third-order valence-electron chi connectivity index (χ3n) is 3.00. The van der Waals surface area contributed by atoms with Gasteiger partial charge in [0.05, 0.1) is 18.9 Å². The zero-order chi connectivity index (χ0) is 12.8. The molecule has 1 fully saturated rings. The molecule has 1 aromatic heterocycles. The van der Waals surface area contributed by atoms with Crippen molar-refractivity contribution in [2.24, 2.45) is 0 Å². The van der Waals surface area contributed by atoms with Gasteiger partial charge in [0, 0.05) is 18.3 Å². The average molecular weight is 251 g/mol. The summed E-state index contributed by atoms with van der Waals surface area (Å²) < 4.78 is 11.0. The Labute approximate surface area is 107 Å². The number of ether oxygens (including phenoxy) is 2. The molecule has 1 unspecified atom stereocenters. The van der Waals surface area contributed by atoms with E-state index in [0.717, 1.165) is 32.3 Å². The number of aromatic nitrogens is 1. The van der Waals surface area contributed by atoms with E-state index >= 15 is 0 Å². The van der Waals surface area contributed by atoms with Crippen LogP contribution in [0.25, 0.3) is 0 Å². The molecule has 1 aromatic rings. The first-order chi connectivity index (χ1) is 8.75. The molecule has 18 heavy (non-hydrogen) atoms. The van der Waals surface area contributed by atoms with E-state index in [2.05, 4.69) is 4.98 Å². The van der Waals surface area contributed by atoms with Gasteiger partial charge in [0.2, 0.25) is 0 Å². The molecule has 98 valence electrons. The van der Waals surface area contributed by atoms with Crippen LogP contribution in [0.4, 0.5) is 0 Å². The monoisotopic (exact) mass is 251 g/mol. The summed E-state index contributed by atoms with van der Waals surface area (Å²) in [6.07, 6.45) is 7.60. The smallest absolute Gasteiger partial charge is 0.490 e. The molecule has 0 aromatic carbocycles. The molecule has 0 bridgehead atoms. The van der Waals surface area contributed by atoms with Crippen LogP contribution < -0.4 is 10.2 Å². The quantitative estimate of drug-likeness (QED) is 0.554. The predicted octanol–water partition coefficient (Wildman–Crippen LogP) is 0.0994. The third-order valence-corrected chi connectivity index (χ3v) is 3.00. The molecule has 0 aliphatic carbocycles. The predicted molar refractivity (Wildman–Crippen MR) is 67.8 cm³/mol. The summed E-state index contributed by atoms with van der Waals surface area (Å²) in [5, 5.41) is 18.0. The van der Waals surface area contributed by atoms with Crippen molar-refractivity contribution in [2.75, 3.05) is 13.2 Å². The van der Waals surface area contributed by atoms with Crippen molar-refractivity contribution < 1.29 is 19.5 Å². The average Bonchev–Trinajstić information content (AvgIpc) is 2.88. The highest BCUT2D eigenvalue weighted by Gasteiger charge is 2.15. The maximum Gasteiger partial charge on any atom is 0.490 e. The van der Waals surface area contributed by atoms with Gasteiger partial charge in [0.25, 0.3) is 0 Å². The van der Waals surface area contributed by atoms with Crippen LogP contribution in [0, 0.1) is 0 Å². The summed E-state index contributed by atoms with van der Waals surface area (Å²) in [5.41, 5.74) is 0.339. The van der Waals surface area contributed by atoms with Crippen molar-refractivity contribution in [3.63, 3.8) is 0 Å². The van der Waals surface area contributed by atoms with E-state index in [9.17, 15) is 0 Å². The molecule has 1 aliphatic heterocycles. The van der Waals surface area contributed by atoms with E-state index in [1.165, 1.54) is 6.20 Å². The molecule has 6 heteroatoms. The van der Waals surface area contributed by atoms with Crippen molar-refractivity contribution in [2.45, 2.75) is 31.8 Å². The van der Waals surface area contributed by atoms with E-state index in [4.69, 9.17) is 19.5 Å². The molecule has 2 heterocycles. The molecule has 1 saturated heterocycles. The Balaban J connectivity index is 1.70. The fourth-order valence-electron chi connectivity index (χ4n) is 2.03. The first-order valence-electron chi connectivity index (χ1n) is 6.31. The lowest BCUT2D eigenvalue weighted by Gasteiger charge is -2.10. The zero-order valence-corrected chi connectivity index (χ0v) is 10.3. The van der Waals surface area contributed by atoms with Gasteiger partial charge in [0.1, 0.15) is 5.75 Å². The van der Waals surface area contributed by atoms with Gasteiger partial charge >= 0.3 is 7.12 Å². The van der Waals surface area contributed by atoms with Crippen LogP contribution in [-0.4, -0.2) is 41.5 Å². The van der Waals surface area contributed by atoms with Gasteiger partial charge in [-0.05, 0) is 31.7 Å². The summed E-state index contributed by atoms with van der Waals surface area (Å²) in [4.78, 5) is 3.89. The largest absolute Gasteiger partial charge is 0.492 e. The summed E-state index contributed by atoms with van der Waals surface area (Å²) in [7, 11) is -1.51. The number of hydrogen-bond acceptors (Lipinski definition) is 5. The Morgan fingerprint density at radius 1 is 1.44 bits per heavy atom. The van der Waals surface area contributed by atoms with Gasteiger partial charge in [0.15, 0.2) is 0 Å². The number of hydrogen-bond donors (Lipinski definition) is 2. The molecule has 2 rings (SSSR count). The van der Waals surface area contributed by atoms with E-state index in [-0.39, 0.29) is 0 Å². The van der Waals surface area contributed by atoms with Crippen LogP contribution in [0.3, 0.4) is 0 Å². The minimum Gasteiger partial charge on any atom is -0.492 e. The zero-order valence-electron chi connectivity index (χ0n) is 10.3. The first-order valence-corrected chi connectivity index (χ1v) is 6.31. The van der Waals surface area contributed by atoms with E-state index in [1.54, 1.807) is 12.3 Å². The standard InChI is InChI=1S/C12H18BNO4/c15-13(16)10-7-12(9-14-8-10)18-6-2-4-11-3-1-5-17-11/h7-9,11,15-16H,1-6H2. The molecular weight excluding hydrogens is 233 g/mol. The molecule has 5 nitrogen and oxygen atoms in total. The Morgan fingerprint density at radius 2 is 2.33 bits per heavy atom. The summed E-state index contributed by atoms with van der Waals surface area (Å²) in [6, 6.07) is 1.59. The van der Waals surface area contributed by atoms with Gasteiger partial charge < -0.3 is 19.5 Å². The minimum atomic E-state index is -1.51. The minimum absolute atomic E-state index is 0.339. The van der Waals surface area contributed by atoms with Crippen molar-refractivity contribution in [3.05, 3.63) is 18.5 Å². The van der Waals surface area contributed by atoms with Crippen molar-refractivity contribution in [1.29, 1.82) is 0 Å². The Bertz CT molecular complexity index is 369. The van der Waals surface area contributed by atoms with Crippen molar-refractivity contribution in [3.8, 4) is 5.75 Å². The van der Waals surface area contributed by atoms with Crippen LogP contribution >= 0.6 is 0 Å². The van der Waals surface area contributed by atoms with Gasteiger partial charge in [-0.3, -0.25) is 4.98 Å². The van der Waals surface area contributed by atoms with Gasteiger partial charge in [-0.1, -0.05) is 0 Å². The lowest BCUT2D eigenvalue weighted by molar-refractivity contribution is 0.0981. The van der Waals surface area contributed by atoms with E-state index < -0.39 is 7.12 Å². The molecule has 1 atom stereocenters. The molecule has 0 saturated carbocycles. The maximum absolute atomic E-state index is 9.01. The van der Waals surface area contributed by atoms with Crippen LogP contribution in [-0.2, 0) is 4.74 Å². The maximum atomic E-state index is 9.01. The molecule has 0 radical (unpaired) electrons. The number of nitrogens with zero attached hydrogens (tertiary/aromatic N) is 1. The fourth-order valence-corrected chi connectivity index (χ4v) is 2.03. The van der Waals surface area contributed by atoms with Crippen molar-refractivity contribution in [1.82, 2.24) is 4.98 Å². The van der Waals surface area contributed by atoms with Crippen LogP contribution in [0.5, 0.6) is 5.75 Å². The highest BCUT2D eigenvalue weighted by molar-refractivity contribution is 6.58. The van der Waals surface area contributed by atoms with Gasteiger partial charge in [-0.15, -0.1) is 0 Å². The van der Waals surface area contributed by atoms with Gasteiger partial charge in [-0.2, -0.15) is 0 Å². The lowest BCUT2D eigenvalue weighted by atomic mass is 9.82. The second kappa shape index (κ2) is 6.73. The van der Waals surface area contributed by atoms with E-state index in [0.29, 0.717) is 23.9 Å². The van der Waals surface area contributed by atoms with Crippen LogP contribution in [0.1, 0.15) is 25.7 Å². The first kappa shape index (κ1) is 13.3. The lowest BCUT2D eigenvalue weighted by Crippen LogP contribution is -2.30. The summed E-state index contributed by atoms with van der Waals surface area (Å²) >= 11 is 0. The van der Waals surface area contributed by atoms with Crippen LogP contribution in [0.2, 0.25) is 0 Å². The highest BCUT2D eigenvalue weighted by atomic mass is 16.5. The Hall–Kier alpha value is -1.11. The molecule has 1 aliphatic rings. The molecule has 0 amide bonds. The summed E-state index contributed by atoms with van der Waals surface area (Å²) in [5.74, 6) is 0.563.